The van der Waals surface area contributed by atoms with Crippen LogP contribution in [-0.4, -0.2) is 11.6 Å². The molecule has 0 bridgehead atoms. The van der Waals surface area contributed by atoms with Crippen molar-refractivity contribution in [1.29, 1.82) is 5.26 Å². The van der Waals surface area contributed by atoms with E-state index in [1.807, 2.05) is 26.0 Å². The van der Waals surface area contributed by atoms with Crippen molar-refractivity contribution in [2.24, 2.45) is 0 Å². The van der Waals surface area contributed by atoms with Gasteiger partial charge in [-0.05, 0) is 25.5 Å². The predicted molar refractivity (Wildman–Crippen MR) is 44.9 cm³/mol. The summed E-state index contributed by atoms with van der Waals surface area (Å²) in [6.45, 7) is 4.37. The van der Waals surface area contributed by atoms with E-state index >= 15 is 0 Å². The maximum atomic E-state index is 8.59. The Morgan fingerprint density at radius 3 is 2.92 bits per heavy atom. The standard InChI is InChI=1S/C9H10N2O/c1-3-12-8-4-7(2)9(5-10)11-6-8/h4,6H,3H2,1-2H3. The Morgan fingerprint density at radius 1 is 1.67 bits per heavy atom. The lowest BCUT2D eigenvalue weighted by molar-refractivity contribution is 0.338. The lowest BCUT2D eigenvalue weighted by Gasteiger charge is -2.02. The van der Waals surface area contributed by atoms with Gasteiger partial charge in [0.15, 0.2) is 0 Å². The smallest absolute Gasteiger partial charge is 0.143 e. The van der Waals surface area contributed by atoms with Crippen molar-refractivity contribution in [3.8, 4) is 11.8 Å². The number of aromatic nitrogens is 1. The third-order valence-electron chi connectivity index (χ3n) is 1.47. The van der Waals surface area contributed by atoms with Crippen LogP contribution in [0.25, 0.3) is 0 Å². The molecule has 1 aromatic heterocycles. The second kappa shape index (κ2) is 3.72. The molecule has 0 amide bonds. The molecule has 0 spiro atoms. The number of pyridine rings is 1. The van der Waals surface area contributed by atoms with Crippen LogP contribution in [-0.2, 0) is 0 Å². The highest BCUT2D eigenvalue weighted by Crippen LogP contribution is 2.13. The molecular weight excluding hydrogens is 152 g/mol. The van der Waals surface area contributed by atoms with Crippen LogP contribution in [0.15, 0.2) is 12.3 Å². The van der Waals surface area contributed by atoms with E-state index in [-0.39, 0.29) is 0 Å². The van der Waals surface area contributed by atoms with Crippen LogP contribution in [0.1, 0.15) is 18.2 Å². The second-order valence-corrected chi connectivity index (χ2v) is 2.38. The first-order chi connectivity index (χ1) is 5.77. The van der Waals surface area contributed by atoms with E-state index in [0.717, 1.165) is 5.56 Å². The van der Waals surface area contributed by atoms with Crippen molar-refractivity contribution in [2.45, 2.75) is 13.8 Å². The molecular formula is C9H10N2O. The lowest BCUT2D eigenvalue weighted by atomic mass is 10.2. The molecule has 1 aromatic rings. The van der Waals surface area contributed by atoms with Crippen molar-refractivity contribution in [1.82, 2.24) is 4.98 Å². The molecule has 0 fully saturated rings. The van der Waals surface area contributed by atoms with Gasteiger partial charge in [-0.2, -0.15) is 5.26 Å². The molecule has 0 radical (unpaired) electrons. The van der Waals surface area contributed by atoms with Crippen LogP contribution in [0.2, 0.25) is 0 Å². The normalized spacial score (nSPS) is 9.08. The average molecular weight is 162 g/mol. The zero-order chi connectivity index (χ0) is 8.97. The summed E-state index contributed by atoms with van der Waals surface area (Å²) in [5.41, 5.74) is 1.31. The highest BCUT2D eigenvalue weighted by atomic mass is 16.5. The van der Waals surface area contributed by atoms with Gasteiger partial charge in [0.25, 0.3) is 0 Å². The van der Waals surface area contributed by atoms with Crippen molar-refractivity contribution in [3.63, 3.8) is 0 Å². The third-order valence-corrected chi connectivity index (χ3v) is 1.47. The number of aryl methyl sites for hydroxylation is 1. The molecule has 0 aromatic carbocycles. The lowest BCUT2D eigenvalue weighted by Crippen LogP contribution is -1.94. The first-order valence-corrected chi connectivity index (χ1v) is 3.77. The molecule has 62 valence electrons. The Labute approximate surface area is 71.6 Å². The number of rotatable bonds is 2. The zero-order valence-electron chi connectivity index (χ0n) is 7.16. The van der Waals surface area contributed by atoms with Gasteiger partial charge in [-0.3, -0.25) is 0 Å². The maximum Gasteiger partial charge on any atom is 0.143 e. The summed E-state index contributed by atoms with van der Waals surface area (Å²) in [5.74, 6) is 0.717. The molecule has 0 saturated heterocycles. The molecule has 0 aliphatic rings. The van der Waals surface area contributed by atoms with E-state index in [1.54, 1.807) is 6.20 Å². The molecule has 0 saturated carbocycles. The van der Waals surface area contributed by atoms with Crippen molar-refractivity contribution >= 4 is 0 Å². The summed E-state index contributed by atoms with van der Waals surface area (Å²) in [4.78, 5) is 3.93. The Kier molecular flexibility index (Phi) is 2.65. The van der Waals surface area contributed by atoms with Gasteiger partial charge >= 0.3 is 0 Å². The van der Waals surface area contributed by atoms with Gasteiger partial charge in [0.1, 0.15) is 17.5 Å². The van der Waals surface area contributed by atoms with E-state index in [1.165, 1.54) is 0 Å². The molecule has 1 rings (SSSR count). The number of nitrogens with zero attached hydrogens (tertiary/aromatic N) is 2. The SMILES string of the molecule is CCOc1cnc(C#N)c(C)c1. The number of hydrogen-bond acceptors (Lipinski definition) is 3. The van der Waals surface area contributed by atoms with Crippen LogP contribution in [0, 0.1) is 18.3 Å². The minimum Gasteiger partial charge on any atom is -0.492 e. The van der Waals surface area contributed by atoms with Gasteiger partial charge in [0, 0.05) is 0 Å². The molecule has 0 unspecified atom stereocenters. The number of nitriles is 1. The minimum atomic E-state index is 0.457. The topological polar surface area (TPSA) is 45.9 Å². The fourth-order valence-corrected chi connectivity index (χ4v) is 0.912. The molecule has 0 N–H and O–H groups in total. The predicted octanol–water partition coefficient (Wildman–Crippen LogP) is 1.66. The summed E-state index contributed by atoms with van der Waals surface area (Å²) >= 11 is 0. The number of hydrogen-bond donors (Lipinski definition) is 0. The Bertz CT molecular complexity index is 315. The summed E-state index contributed by atoms with van der Waals surface area (Å²) < 4.78 is 5.21. The van der Waals surface area contributed by atoms with Crippen LogP contribution < -0.4 is 4.74 Å². The van der Waals surface area contributed by atoms with E-state index in [9.17, 15) is 0 Å². The van der Waals surface area contributed by atoms with E-state index in [4.69, 9.17) is 10.00 Å². The summed E-state index contributed by atoms with van der Waals surface area (Å²) in [6, 6.07) is 3.81. The fraction of sp³-hybridized carbons (Fsp3) is 0.333. The van der Waals surface area contributed by atoms with Crippen LogP contribution in [0.4, 0.5) is 0 Å². The van der Waals surface area contributed by atoms with Gasteiger partial charge in [0.05, 0.1) is 12.8 Å². The Hall–Kier alpha value is -1.56. The Balaban J connectivity index is 2.96. The quantitative estimate of drug-likeness (QED) is 0.664. The molecule has 1 heterocycles. The van der Waals surface area contributed by atoms with Crippen molar-refractivity contribution in [3.05, 3.63) is 23.5 Å². The monoisotopic (exact) mass is 162 g/mol. The van der Waals surface area contributed by atoms with Gasteiger partial charge in [0.2, 0.25) is 0 Å². The van der Waals surface area contributed by atoms with Crippen molar-refractivity contribution in [2.75, 3.05) is 6.61 Å². The van der Waals surface area contributed by atoms with Crippen LogP contribution in [0.3, 0.4) is 0 Å². The molecule has 0 atom stereocenters. The van der Waals surface area contributed by atoms with E-state index in [2.05, 4.69) is 4.98 Å². The number of ether oxygens (including phenoxy) is 1. The summed E-state index contributed by atoms with van der Waals surface area (Å²) in [7, 11) is 0. The molecule has 0 aliphatic carbocycles. The fourth-order valence-electron chi connectivity index (χ4n) is 0.912. The van der Waals surface area contributed by atoms with Crippen LogP contribution >= 0.6 is 0 Å². The van der Waals surface area contributed by atoms with Gasteiger partial charge in [-0.15, -0.1) is 0 Å². The van der Waals surface area contributed by atoms with Crippen LogP contribution in [0.5, 0.6) is 5.75 Å². The summed E-state index contributed by atoms with van der Waals surface area (Å²) in [5, 5.41) is 8.59. The molecule has 12 heavy (non-hydrogen) atoms. The van der Waals surface area contributed by atoms with Crippen molar-refractivity contribution < 1.29 is 4.74 Å². The first-order valence-electron chi connectivity index (χ1n) is 3.77. The molecule has 3 nitrogen and oxygen atoms in total. The molecule has 3 heteroatoms. The first kappa shape index (κ1) is 8.54. The third kappa shape index (κ3) is 1.73. The minimum absolute atomic E-state index is 0.457. The largest absolute Gasteiger partial charge is 0.492 e. The van der Waals surface area contributed by atoms with Gasteiger partial charge < -0.3 is 4.74 Å². The summed E-state index contributed by atoms with van der Waals surface area (Å²) in [6.07, 6.45) is 1.56. The maximum absolute atomic E-state index is 8.59. The van der Waals surface area contributed by atoms with E-state index in [0.29, 0.717) is 18.1 Å². The average Bonchev–Trinajstić information content (AvgIpc) is 2.05. The highest BCUT2D eigenvalue weighted by molar-refractivity contribution is 5.34. The molecule has 0 aliphatic heterocycles. The van der Waals surface area contributed by atoms with E-state index < -0.39 is 0 Å². The Morgan fingerprint density at radius 2 is 2.42 bits per heavy atom. The second-order valence-electron chi connectivity index (χ2n) is 2.38. The highest BCUT2D eigenvalue weighted by Gasteiger charge is 1.99. The van der Waals surface area contributed by atoms with Gasteiger partial charge in [-0.1, -0.05) is 0 Å². The van der Waals surface area contributed by atoms with Gasteiger partial charge in [-0.25, -0.2) is 4.98 Å². The zero-order valence-corrected chi connectivity index (χ0v) is 7.16.